The van der Waals surface area contributed by atoms with Crippen LogP contribution in [0.5, 0.6) is 5.75 Å². The van der Waals surface area contributed by atoms with Crippen molar-refractivity contribution in [2.75, 3.05) is 14.2 Å². The highest BCUT2D eigenvalue weighted by molar-refractivity contribution is 6.52. The van der Waals surface area contributed by atoms with E-state index in [2.05, 4.69) is 4.74 Å². The van der Waals surface area contributed by atoms with Crippen molar-refractivity contribution in [2.45, 2.75) is 18.9 Å². The molecule has 0 aliphatic heterocycles. The van der Waals surface area contributed by atoms with Crippen LogP contribution >= 0.6 is 0 Å². The molecule has 122 valence electrons. The zero-order valence-corrected chi connectivity index (χ0v) is 12.7. The SMILES string of the molecule is COC(=O)CC(CC1=C(O)c2cccc(O)c2C(=O)C1=O)OC. The van der Waals surface area contributed by atoms with Gasteiger partial charge in [0.1, 0.15) is 11.5 Å². The number of ketones is 2. The average molecular weight is 320 g/mol. The number of phenolic OH excluding ortho intramolecular Hbond substituents is 1. The van der Waals surface area contributed by atoms with Crippen molar-refractivity contribution in [2.24, 2.45) is 0 Å². The van der Waals surface area contributed by atoms with Crippen LogP contribution in [0.2, 0.25) is 0 Å². The number of rotatable bonds is 5. The van der Waals surface area contributed by atoms with E-state index >= 15 is 0 Å². The first-order chi connectivity index (χ1) is 10.9. The Kier molecular flexibility index (Phi) is 4.80. The molecular weight excluding hydrogens is 304 g/mol. The lowest BCUT2D eigenvalue weighted by molar-refractivity contribution is -0.143. The predicted molar refractivity (Wildman–Crippen MR) is 79.0 cm³/mol. The molecule has 0 aromatic heterocycles. The third-order valence-corrected chi connectivity index (χ3v) is 3.68. The molecule has 1 atom stereocenters. The van der Waals surface area contributed by atoms with E-state index in [1.165, 1.54) is 32.4 Å². The second-order valence-electron chi connectivity index (χ2n) is 5.03. The summed E-state index contributed by atoms with van der Waals surface area (Å²) in [5.41, 5.74) is -0.290. The van der Waals surface area contributed by atoms with E-state index in [1.807, 2.05) is 0 Å². The minimum Gasteiger partial charge on any atom is -0.507 e. The van der Waals surface area contributed by atoms with Crippen molar-refractivity contribution in [3.8, 4) is 5.75 Å². The number of Topliss-reactive ketones (excluding diaryl/α,β-unsaturated/α-hetero) is 2. The van der Waals surface area contributed by atoms with Crippen molar-refractivity contribution >= 4 is 23.3 Å². The lowest BCUT2D eigenvalue weighted by Crippen LogP contribution is -2.28. The van der Waals surface area contributed by atoms with Crippen molar-refractivity contribution in [3.05, 3.63) is 34.9 Å². The quantitative estimate of drug-likeness (QED) is 0.623. The van der Waals surface area contributed by atoms with Crippen LogP contribution in [0.1, 0.15) is 28.8 Å². The highest BCUT2D eigenvalue weighted by Gasteiger charge is 2.36. The molecule has 23 heavy (non-hydrogen) atoms. The molecule has 1 aromatic rings. The van der Waals surface area contributed by atoms with Crippen molar-refractivity contribution in [3.63, 3.8) is 0 Å². The molecule has 0 heterocycles. The van der Waals surface area contributed by atoms with Crippen LogP contribution < -0.4 is 0 Å². The monoisotopic (exact) mass is 320 g/mol. The van der Waals surface area contributed by atoms with Crippen LogP contribution in [0, 0.1) is 0 Å². The summed E-state index contributed by atoms with van der Waals surface area (Å²) in [5.74, 6) is -3.14. The molecule has 0 saturated carbocycles. The van der Waals surface area contributed by atoms with Crippen LogP contribution in [-0.4, -0.2) is 48.1 Å². The highest BCUT2D eigenvalue weighted by Crippen LogP contribution is 2.35. The number of carbonyl (C=O) groups is 3. The third kappa shape index (κ3) is 3.09. The first-order valence-electron chi connectivity index (χ1n) is 6.83. The topological polar surface area (TPSA) is 110 Å². The Hall–Kier alpha value is -2.67. The van der Waals surface area contributed by atoms with Gasteiger partial charge >= 0.3 is 5.97 Å². The van der Waals surface area contributed by atoms with Crippen molar-refractivity contribution in [1.82, 2.24) is 0 Å². The van der Waals surface area contributed by atoms with Gasteiger partial charge in [-0.05, 0) is 6.07 Å². The van der Waals surface area contributed by atoms with Crippen molar-refractivity contribution < 1.29 is 34.1 Å². The van der Waals surface area contributed by atoms with Crippen LogP contribution in [0.3, 0.4) is 0 Å². The molecule has 0 saturated heterocycles. The van der Waals surface area contributed by atoms with Gasteiger partial charge in [-0.3, -0.25) is 14.4 Å². The Balaban J connectivity index is 2.41. The minimum atomic E-state index is -0.927. The molecule has 7 heteroatoms. The van der Waals surface area contributed by atoms with Crippen LogP contribution in [0.4, 0.5) is 0 Å². The summed E-state index contributed by atoms with van der Waals surface area (Å²) in [6.07, 6.45) is -0.981. The first kappa shape index (κ1) is 16.7. The molecule has 1 aromatic carbocycles. The van der Waals surface area contributed by atoms with Crippen molar-refractivity contribution in [1.29, 1.82) is 0 Å². The number of hydrogen-bond donors (Lipinski definition) is 2. The zero-order valence-electron chi connectivity index (χ0n) is 12.7. The van der Waals surface area contributed by atoms with E-state index in [4.69, 9.17) is 4.74 Å². The zero-order chi connectivity index (χ0) is 17.1. The lowest BCUT2D eigenvalue weighted by Gasteiger charge is -2.21. The molecule has 0 fully saturated rings. The summed E-state index contributed by atoms with van der Waals surface area (Å²) in [4.78, 5) is 35.7. The number of esters is 1. The van der Waals surface area contributed by atoms with Crippen LogP contribution in [0.25, 0.3) is 5.76 Å². The summed E-state index contributed by atoms with van der Waals surface area (Å²) in [7, 11) is 2.57. The van der Waals surface area contributed by atoms with Gasteiger partial charge in [-0.25, -0.2) is 0 Å². The molecule has 7 nitrogen and oxygen atoms in total. The number of fused-ring (bicyclic) bond motifs is 1. The Morgan fingerprint density at radius 1 is 1.17 bits per heavy atom. The largest absolute Gasteiger partial charge is 0.507 e. The van der Waals surface area contributed by atoms with Gasteiger partial charge in [0, 0.05) is 24.7 Å². The molecule has 2 rings (SSSR count). The van der Waals surface area contributed by atoms with E-state index in [1.54, 1.807) is 0 Å². The van der Waals surface area contributed by atoms with E-state index in [-0.39, 0.29) is 35.3 Å². The van der Waals surface area contributed by atoms with Gasteiger partial charge in [-0.2, -0.15) is 0 Å². The van der Waals surface area contributed by atoms with Gasteiger partial charge in [0.05, 0.1) is 25.2 Å². The maximum atomic E-state index is 12.2. The number of methoxy groups -OCH3 is 2. The summed E-state index contributed by atoms with van der Waals surface area (Å²) in [6, 6.07) is 4.14. The molecule has 1 aliphatic carbocycles. The van der Waals surface area contributed by atoms with E-state index < -0.39 is 29.4 Å². The maximum absolute atomic E-state index is 12.2. The normalized spacial score (nSPS) is 15.4. The van der Waals surface area contributed by atoms with Gasteiger partial charge < -0.3 is 19.7 Å². The molecule has 0 bridgehead atoms. The summed E-state index contributed by atoms with van der Waals surface area (Å²) in [6.45, 7) is 0. The van der Waals surface area contributed by atoms with Crippen LogP contribution in [0.15, 0.2) is 23.8 Å². The lowest BCUT2D eigenvalue weighted by atomic mass is 9.85. The summed E-state index contributed by atoms with van der Waals surface area (Å²) < 4.78 is 9.65. The Labute approximate surface area is 132 Å². The number of aromatic hydroxyl groups is 1. The standard InChI is InChI=1S/C16H16O7/c1-22-8(7-12(18)23-2)6-10-14(19)9-4-3-5-11(17)13(9)16(21)15(10)20/h3-5,8,17,19H,6-7H2,1-2H3. The number of ether oxygens (including phenoxy) is 2. The number of aliphatic hydroxyl groups excluding tert-OH is 1. The van der Waals surface area contributed by atoms with Gasteiger partial charge in [-0.1, -0.05) is 12.1 Å². The molecule has 0 spiro atoms. The molecule has 2 N–H and O–H groups in total. The second kappa shape index (κ2) is 6.62. The number of carbonyl (C=O) groups excluding carboxylic acids is 3. The molecule has 0 radical (unpaired) electrons. The predicted octanol–water partition coefficient (Wildman–Crippen LogP) is 1.39. The average Bonchev–Trinajstić information content (AvgIpc) is 2.55. The fraction of sp³-hybridized carbons (Fsp3) is 0.312. The van der Waals surface area contributed by atoms with E-state index in [0.29, 0.717) is 0 Å². The fourth-order valence-electron chi connectivity index (χ4n) is 2.42. The summed E-state index contributed by atoms with van der Waals surface area (Å²) >= 11 is 0. The smallest absolute Gasteiger partial charge is 0.308 e. The number of phenols is 1. The van der Waals surface area contributed by atoms with E-state index in [0.717, 1.165) is 0 Å². The number of aliphatic hydroxyl groups is 1. The van der Waals surface area contributed by atoms with Gasteiger partial charge in [0.2, 0.25) is 11.6 Å². The molecular formula is C16H16O7. The number of benzene rings is 1. The Morgan fingerprint density at radius 2 is 1.87 bits per heavy atom. The van der Waals surface area contributed by atoms with Gasteiger partial charge in [0.25, 0.3) is 0 Å². The molecule has 1 unspecified atom stereocenters. The first-order valence-corrected chi connectivity index (χ1v) is 6.83. The Bertz CT molecular complexity index is 702. The third-order valence-electron chi connectivity index (χ3n) is 3.68. The maximum Gasteiger partial charge on any atom is 0.308 e. The Morgan fingerprint density at radius 3 is 2.48 bits per heavy atom. The molecule has 1 aliphatic rings. The van der Waals surface area contributed by atoms with Gasteiger partial charge in [-0.15, -0.1) is 0 Å². The summed E-state index contributed by atoms with van der Waals surface area (Å²) in [5, 5.41) is 20.0. The van der Waals surface area contributed by atoms with E-state index in [9.17, 15) is 24.6 Å². The molecule has 0 amide bonds. The van der Waals surface area contributed by atoms with Gasteiger partial charge in [0.15, 0.2) is 0 Å². The second-order valence-corrected chi connectivity index (χ2v) is 5.03. The highest BCUT2D eigenvalue weighted by atomic mass is 16.5. The number of hydrogen-bond acceptors (Lipinski definition) is 7. The fourth-order valence-corrected chi connectivity index (χ4v) is 2.42. The minimum absolute atomic E-state index is 0.0810. The van der Waals surface area contributed by atoms with Crippen LogP contribution in [-0.2, 0) is 19.1 Å².